The minimum atomic E-state index is -0.549. The highest BCUT2D eigenvalue weighted by Crippen LogP contribution is 2.52. The minimum absolute atomic E-state index is 0.141. The fourth-order valence-electron chi connectivity index (χ4n) is 4.01. The van der Waals surface area contributed by atoms with Gasteiger partial charge in [-0.2, -0.15) is 0 Å². The molecule has 0 spiro atoms. The maximum absolute atomic E-state index is 11.6. The predicted molar refractivity (Wildman–Crippen MR) is 67.0 cm³/mol. The Morgan fingerprint density at radius 2 is 1.89 bits per heavy atom. The average Bonchev–Trinajstić information content (AvgIpc) is 2.82. The first kappa shape index (κ1) is 12.3. The monoisotopic (exact) mass is 253 g/mol. The summed E-state index contributed by atoms with van der Waals surface area (Å²) in [4.78, 5) is 11.6. The molecule has 2 bridgehead atoms. The minimum Gasteiger partial charge on any atom is -0.429 e. The van der Waals surface area contributed by atoms with Crippen molar-refractivity contribution in [3.63, 3.8) is 0 Å². The summed E-state index contributed by atoms with van der Waals surface area (Å²) in [5, 5.41) is 3.48. The van der Waals surface area contributed by atoms with Crippen LogP contribution in [0.4, 0.5) is 4.79 Å². The van der Waals surface area contributed by atoms with Crippen LogP contribution in [0.5, 0.6) is 0 Å². The van der Waals surface area contributed by atoms with Crippen molar-refractivity contribution in [2.45, 2.75) is 64.3 Å². The largest absolute Gasteiger partial charge is 0.510 e. The number of hydrogen-bond donors (Lipinski definition) is 1. The van der Waals surface area contributed by atoms with Gasteiger partial charge in [-0.25, -0.2) is 4.79 Å². The first-order chi connectivity index (χ1) is 8.42. The van der Waals surface area contributed by atoms with E-state index in [1.807, 2.05) is 20.8 Å². The summed E-state index contributed by atoms with van der Waals surface area (Å²) < 4.78 is 10.6. The number of ether oxygens (including phenoxy) is 2. The van der Waals surface area contributed by atoms with E-state index >= 15 is 0 Å². The van der Waals surface area contributed by atoms with Gasteiger partial charge in [0.25, 0.3) is 0 Å². The molecule has 5 atom stereocenters. The molecule has 0 aromatic carbocycles. The second-order valence-electron chi connectivity index (χ2n) is 7.00. The van der Waals surface area contributed by atoms with Gasteiger partial charge in [0.1, 0.15) is 5.60 Å². The van der Waals surface area contributed by atoms with Crippen molar-refractivity contribution in [2.75, 3.05) is 0 Å². The van der Waals surface area contributed by atoms with Gasteiger partial charge in [-0.15, -0.1) is 0 Å². The molecule has 0 radical (unpaired) electrons. The standard InChI is InChI=1S/C14H23NO3/c1-14(2,3)18-13(16)17-11-7-10-8-4-5-9(6-8)12(10)15-11/h8-12,15H,4-7H2,1-3H3/t8-,9?,10-,11-,12+/m0/s1. The second kappa shape index (κ2) is 4.12. The van der Waals surface area contributed by atoms with Crippen LogP contribution in [0.25, 0.3) is 0 Å². The lowest BCUT2D eigenvalue weighted by molar-refractivity contribution is -0.0317. The van der Waals surface area contributed by atoms with Gasteiger partial charge in [-0.05, 0) is 57.8 Å². The Morgan fingerprint density at radius 1 is 1.17 bits per heavy atom. The first-order valence-corrected chi connectivity index (χ1v) is 7.08. The lowest BCUT2D eigenvalue weighted by Gasteiger charge is -2.23. The molecule has 102 valence electrons. The number of hydrogen-bond acceptors (Lipinski definition) is 4. The fourth-order valence-corrected chi connectivity index (χ4v) is 4.01. The van der Waals surface area contributed by atoms with Crippen LogP contribution in [0.1, 0.15) is 46.5 Å². The molecule has 0 aromatic rings. The number of carbonyl (C=O) groups excluding carboxylic acids is 1. The quantitative estimate of drug-likeness (QED) is 0.730. The Morgan fingerprint density at radius 3 is 2.56 bits per heavy atom. The third-order valence-electron chi connectivity index (χ3n) is 4.58. The van der Waals surface area contributed by atoms with E-state index in [1.165, 1.54) is 19.3 Å². The molecule has 1 heterocycles. The van der Waals surface area contributed by atoms with E-state index in [0.717, 1.165) is 24.2 Å². The lowest BCUT2D eigenvalue weighted by Crippen LogP contribution is -2.38. The van der Waals surface area contributed by atoms with Crippen molar-refractivity contribution in [3.05, 3.63) is 0 Å². The Hall–Kier alpha value is -0.770. The third-order valence-corrected chi connectivity index (χ3v) is 4.58. The smallest absolute Gasteiger partial charge is 0.429 e. The zero-order valence-corrected chi connectivity index (χ0v) is 11.4. The molecule has 3 rings (SSSR count). The molecule has 1 N–H and O–H groups in total. The van der Waals surface area contributed by atoms with Gasteiger partial charge in [0.05, 0.1) is 0 Å². The fraction of sp³-hybridized carbons (Fsp3) is 0.929. The topological polar surface area (TPSA) is 47.6 Å². The summed E-state index contributed by atoms with van der Waals surface area (Å²) in [6.45, 7) is 5.56. The Balaban J connectivity index is 1.53. The van der Waals surface area contributed by atoms with Gasteiger partial charge in [-0.3, -0.25) is 5.32 Å². The summed E-state index contributed by atoms with van der Waals surface area (Å²) in [6.07, 6.45) is 4.36. The number of carbonyl (C=O) groups is 1. The van der Waals surface area contributed by atoms with Gasteiger partial charge in [0.2, 0.25) is 0 Å². The van der Waals surface area contributed by atoms with E-state index in [2.05, 4.69) is 5.32 Å². The first-order valence-electron chi connectivity index (χ1n) is 7.08. The Bertz CT molecular complexity index is 331. The van der Waals surface area contributed by atoms with E-state index < -0.39 is 11.8 Å². The van der Waals surface area contributed by atoms with Crippen molar-refractivity contribution in [3.8, 4) is 0 Å². The summed E-state index contributed by atoms with van der Waals surface area (Å²) in [7, 11) is 0. The summed E-state index contributed by atoms with van der Waals surface area (Å²) >= 11 is 0. The molecule has 0 amide bonds. The summed E-state index contributed by atoms with van der Waals surface area (Å²) in [5.74, 6) is 2.39. The van der Waals surface area contributed by atoms with Crippen LogP contribution in [0, 0.1) is 17.8 Å². The second-order valence-corrected chi connectivity index (χ2v) is 7.00. The highest BCUT2D eigenvalue weighted by molar-refractivity contribution is 5.60. The zero-order chi connectivity index (χ0) is 12.9. The van der Waals surface area contributed by atoms with Crippen molar-refractivity contribution in [2.24, 2.45) is 17.8 Å². The van der Waals surface area contributed by atoms with E-state index in [4.69, 9.17) is 9.47 Å². The molecule has 0 aromatic heterocycles. The van der Waals surface area contributed by atoms with Crippen molar-refractivity contribution >= 4 is 6.16 Å². The van der Waals surface area contributed by atoms with Gasteiger partial charge in [0.15, 0.2) is 6.23 Å². The maximum atomic E-state index is 11.6. The Kier molecular flexibility index (Phi) is 2.81. The Labute approximate surface area is 108 Å². The van der Waals surface area contributed by atoms with Crippen LogP contribution in [-0.4, -0.2) is 24.0 Å². The maximum Gasteiger partial charge on any atom is 0.510 e. The highest BCUT2D eigenvalue weighted by atomic mass is 16.7. The molecule has 4 heteroatoms. The van der Waals surface area contributed by atoms with E-state index in [1.54, 1.807) is 0 Å². The predicted octanol–water partition coefficient (Wildman–Crippen LogP) is 2.67. The number of fused-ring (bicyclic) bond motifs is 5. The van der Waals surface area contributed by atoms with Crippen LogP contribution in [-0.2, 0) is 9.47 Å². The van der Waals surface area contributed by atoms with E-state index in [0.29, 0.717) is 6.04 Å². The SMILES string of the molecule is CC(C)(C)OC(=O)O[C@H]1C[C@H]2[C@H]3CCC(C3)[C@H]2N1. The van der Waals surface area contributed by atoms with Gasteiger partial charge in [-0.1, -0.05) is 0 Å². The molecule has 1 unspecified atom stereocenters. The van der Waals surface area contributed by atoms with Crippen LogP contribution >= 0.6 is 0 Å². The van der Waals surface area contributed by atoms with Gasteiger partial charge >= 0.3 is 6.16 Å². The van der Waals surface area contributed by atoms with Crippen LogP contribution < -0.4 is 5.32 Å². The lowest BCUT2D eigenvalue weighted by atomic mass is 9.85. The van der Waals surface area contributed by atoms with Gasteiger partial charge in [0, 0.05) is 12.5 Å². The van der Waals surface area contributed by atoms with Crippen LogP contribution in [0.15, 0.2) is 0 Å². The third kappa shape index (κ3) is 2.22. The van der Waals surface area contributed by atoms with Crippen LogP contribution in [0.3, 0.4) is 0 Å². The average molecular weight is 253 g/mol. The van der Waals surface area contributed by atoms with E-state index in [9.17, 15) is 4.79 Å². The molecule has 2 aliphatic carbocycles. The highest BCUT2D eigenvalue weighted by Gasteiger charge is 2.52. The number of nitrogens with one attached hydrogen (secondary N) is 1. The number of rotatable bonds is 1. The van der Waals surface area contributed by atoms with Crippen molar-refractivity contribution < 1.29 is 14.3 Å². The molecule has 1 aliphatic heterocycles. The zero-order valence-electron chi connectivity index (χ0n) is 11.4. The molecular weight excluding hydrogens is 230 g/mol. The molecular formula is C14H23NO3. The molecule has 2 saturated carbocycles. The molecule has 4 nitrogen and oxygen atoms in total. The molecule has 3 aliphatic rings. The molecule has 18 heavy (non-hydrogen) atoms. The van der Waals surface area contributed by atoms with Crippen LogP contribution in [0.2, 0.25) is 0 Å². The molecule has 3 fully saturated rings. The summed E-state index contributed by atoms with van der Waals surface area (Å²) in [6, 6.07) is 0.580. The summed E-state index contributed by atoms with van der Waals surface area (Å²) in [5.41, 5.74) is -0.482. The van der Waals surface area contributed by atoms with E-state index in [-0.39, 0.29) is 6.23 Å². The normalized spacial score (nSPS) is 41.8. The van der Waals surface area contributed by atoms with Crippen molar-refractivity contribution in [1.82, 2.24) is 5.32 Å². The van der Waals surface area contributed by atoms with Crippen molar-refractivity contribution in [1.29, 1.82) is 0 Å². The molecule has 1 saturated heterocycles. The van der Waals surface area contributed by atoms with Gasteiger partial charge < -0.3 is 9.47 Å².